The molecule has 0 radical (unpaired) electrons. The van der Waals surface area contributed by atoms with Gasteiger partial charge in [-0.15, -0.1) is 0 Å². The van der Waals surface area contributed by atoms with Crippen molar-refractivity contribution in [3.63, 3.8) is 0 Å². The van der Waals surface area contributed by atoms with Gasteiger partial charge in [0.2, 0.25) is 11.8 Å². The summed E-state index contributed by atoms with van der Waals surface area (Å²) < 4.78 is 5.37. The summed E-state index contributed by atoms with van der Waals surface area (Å²) in [5, 5.41) is 7.04. The van der Waals surface area contributed by atoms with Gasteiger partial charge in [0.15, 0.2) is 5.82 Å². The first-order valence-corrected chi connectivity index (χ1v) is 11.2. The molecule has 1 atom stereocenters. The van der Waals surface area contributed by atoms with E-state index in [1.54, 1.807) is 0 Å². The van der Waals surface area contributed by atoms with Crippen LogP contribution in [0, 0.1) is 0 Å². The zero-order valence-electron chi connectivity index (χ0n) is 18.1. The van der Waals surface area contributed by atoms with Crippen molar-refractivity contribution in [1.82, 2.24) is 20.4 Å². The molecule has 2 heterocycles. The summed E-state index contributed by atoms with van der Waals surface area (Å²) in [5.41, 5.74) is 1.93. The highest BCUT2D eigenvalue weighted by Gasteiger charge is 2.33. The second-order valence-corrected chi connectivity index (χ2v) is 8.01. The topological polar surface area (TPSA) is 88.3 Å². The fourth-order valence-corrected chi connectivity index (χ4v) is 4.00. The molecule has 1 saturated heterocycles. The third-order valence-electron chi connectivity index (χ3n) is 5.69. The molecule has 32 heavy (non-hydrogen) atoms. The van der Waals surface area contributed by atoms with Crippen LogP contribution < -0.4 is 5.32 Å². The number of aromatic nitrogens is 2. The molecule has 4 rings (SSSR count). The van der Waals surface area contributed by atoms with Crippen LogP contribution in [0.5, 0.6) is 0 Å². The van der Waals surface area contributed by atoms with E-state index in [0.29, 0.717) is 43.2 Å². The van der Waals surface area contributed by atoms with Crippen molar-refractivity contribution in [1.29, 1.82) is 0 Å². The van der Waals surface area contributed by atoms with E-state index in [1.807, 2.05) is 53.4 Å². The Hall–Kier alpha value is -3.48. The number of aryl methyl sites for hydroxylation is 2. The lowest BCUT2D eigenvalue weighted by Crippen LogP contribution is -2.31. The van der Waals surface area contributed by atoms with Crippen LogP contribution in [0.4, 0.5) is 0 Å². The zero-order valence-corrected chi connectivity index (χ0v) is 18.1. The molecule has 3 aromatic rings. The molecular formula is C25H28N4O3. The third kappa shape index (κ3) is 5.60. The number of likely N-dealkylation sites (tertiary alicyclic amines) is 1. The minimum atomic E-state index is -0.188. The monoisotopic (exact) mass is 432 g/mol. The van der Waals surface area contributed by atoms with Crippen LogP contribution in [-0.2, 0) is 17.6 Å². The molecule has 1 fully saturated rings. The van der Waals surface area contributed by atoms with E-state index >= 15 is 0 Å². The van der Waals surface area contributed by atoms with Crippen molar-refractivity contribution in [3.8, 4) is 0 Å². The van der Waals surface area contributed by atoms with Crippen molar-refractivity contribution >= 4 is 11.8 Å². The summed E-state index contributed by atoms with van der Waals surface area (Å²) in [6.07, 6.45) is 4.22. The predicted octanol–water partition coefficient (Wildman–Crippen LogP) is 3.73. The molecule has 1 unspecified atom stereocenters. The van der Waals surface area contributed by atoms with E-state index in [-0.39, 0.29) is 17.9 Å². The first kappa shape index (κ1) is 21.7. The second-order valence-electron chi connectivity index (χ2n) is 8.01. The Bertz CT molecular complexity index is 1020. The molecule has 2 amide bonds. The number of benzene rings is 2. The van der Waals surface area contributed by atoms with E-state index < -0.39 is 0 Å². The number of carbonyl (C=O) groups excluding carboxylic acids is 2. The zero-order chi connectivity index (χ0) is 22.2. The van der Waals surface area contributed by atoms with Gasteiger partial charge in [-0.05, 0) is 43.4 Å². The Balaban J connectivity index is 1.23. The Kier molecular flexibility index (Phi) is 7.27. The Morgan fingerprint density at radius 1 is 1.03 bits per heavy atom. The fraction of sp³-hybridized carbons (Fsp3) is 0.360. The highest BCUT2D eigenvalue weighted by atomic mass is 16.5. The lowest BCUT2D eigenvalue weighted by atomic mass is 10.1. The Morgan fingerprint density at radius 2 is 1.78 bits per heavy atom. The maximum Gasteiger partial charge on any atom is 0.254 e. The number of carbonyl (C=O) groups is 2. The predicted molar refractivity (Wildman–Crippen MR) is 120 cm³/mol. The quantitative estimate of drug-likeness (QED) is 0.521. The molecule has 166 valence electrons. The van der Waals surface area contributed by atoms with Crippen LogP contribution in [0.25, 0.3) is 0 Å². The average Bonchev–Trinajstić information content (AvgIpc) is 3.51. The van der Waals surface area contributed by atoms with Crippen LogP contribution in [0.3, 0.4) is 0 Å². The van der Waals surface area contributed by atoms with Crippen molar-refractivity contribution in [3.05, 3.63) is 83.5 Å². The minimum Gasteiger partial charge on any atom is -0.356 e. The fourth-order valence-electron chi connectivity index (χ4n) is 4.00. The maximum absolute atomic E-state index is 12.9. The van der Waals surface area contributed by atoms with Gasteiger partial charge in [-0.25, -0.2) is 0 Å². The molecule has 0 spiro atoms. The smallest absolute Gasteiger partial charge is 0.254 e. The van der Waals surface area contributed by atoms with Gasteiger partial charge in [0.25, 0.3) is 5.91 Å². The molecule has 7 nitrogen and oxygen atoms in total. The molecule has 1 aliphatic rings. The molecule has 7 heteroatoms. The highest BCUT2D eigenvalue weighted by molar-refractivity contribution is 5.94. The SMILES string of the molecule is O=C(CCc1nc(C2CCCN2C(=O)c2ccccc2)no1)NCCCc1ccccc1. The lowest BCUT2D eigenvalue weighted by molar-refractivity contribution is -0.121. The van der Waals surface area contributed by atoms with Gasteiger partial charge in [0, 0.05) is 31.5 Å². The number of hydrogen-bond acceptors (Lipinski definition) is 5. The molecule has 0 saturated carbocycles. The van der Waals surface area contributed by atoms with Crippen LogP contribution in [0.2, 0.25) is 0 Å². The Morgan fingerprint density at radius 3 is 2.56 bits per heavy atom. The lowest BCUT2D eigenvalue weighted by Gasteiger charge is -2.22. The first-order valence-electron chi connectivity index (χ1n) is 11.2. The van der Waals surface area contributed by atoms with Gasteiger partial charge in [0.1, 0.15) is 0 Å². The largest absolute Gasteiger partial charge is 0.356 e. The van der Waals surface area contributed by atoms with Gasteiger partial charge < -0.3 is 14.7 Å². The maximum atomic E-state index is 12.9. The normalized spacial score (nSPS) is 15.6. The van der Waals surface area contributed by atoms with Crippen LogP contribution >= 0.6 is 0 Å². The number of amides is 2. The molecule has 1 N–H and O–H groups in total. The van der Waals surface area contributed by atoms with E-state index in [4.69, 9.17) is 4.52 Å². The first-order chi connectivity index (χ1) is 15.7. The molecule has 0 bridgehead atoms. The molecule has 2 aromatic carbocycles. The summed E-state index contributed by atoms with van der Waals surface area (Å²) in [7, 11) is 0. The van der Waals surface area contributed by atoms with Gasteiger partial charge in [-0.1, -0.05) is 53.7 Å². The number of hydrogen-bond donors (Lipinski definition) is 1. The van der Waals surface area contributed by atoms with Gasteiger partial charge in [-0.3, -0.25) is 9.59 Å². The summed E-state index contributed by atoms with van der Waals surface area (Å²) in [6, 6.07) is 19.3. The van der Waals surface area contributed by atoms with Crippen molar-refractivity contribution in [2.75, 3.05) is 13.1 Å². The minimum absolute atomic E-state index is 0.0191. The third-order valence-corrected chi connectivity index (χ3v) is 5.69. The molecule has 1 aromatic heterocycles. The van der Waals surface area contributed by atoms with E-state index in [0.717, 1.165) is 25.7 Å². The van der Waals surface area contributed by atoms with Gasteiger partial charge >= 0.3 is 0 Å². The van der Waals surface area contributed by atoms with Crippen LogP contribution in [-0.4, -0.2) is 39.9 Å². The number of nitrogens with one attached hydrogen (secondary N) is 1. The van der Waals surface area contributed by atoms with Crippen molar-refractivity contribution in [2.45, 2.75) is 44.6 Å². The molecule has 0 aliphatic carbocycles. The number of nitrogens with zero attached hydrogens (tertiary/aromatic N) is 3. The summed E-state index contributed by atoms with van der Waals surface area (Å²) in [4.78, 5) is 31.3. The number of rotatable bonds is 9. The average molecular weight is 433 g/mol. The van der Waals surface area contributed by atoms with E-state index in [1.165, 1.54) is 5.56 Å². The molecular weight excluding hydrogens is 404 g/mol. The van der Waals surface area contributed by atoms with Gasteiger partial charge in [-0.2, -0.15) is 4.98 Å². The van der Waals surface area contributed by atoms with E-state index in [2.05, 4.69) is 27.6 Å². The highest BCUT2D eigenvalue weighted by Crippen LogP contribution is 2.31. The summed E-state index contributed by atoms with van der Waals surface area (Å²) in [5.74, 6) is 0.900. The van der Waals surface area contributed by atoms with Crippen LogP contribution in [0.1, 0.15) is 59.4 Å². The Labute approximate surface area is 187 Å². The van der Waals surface area contributed by atoms with Crippen LogP contribution in [0.15, 0.2) is 65.2 Å². The summed E-state index contributed by atoms with van der Waals surface area (Å²) in [6.45, 7) is 1.31. The van der Waals surface area contributed by atoms with E-state index in [9.17, 15) is 9.59 Å². The standard InChI is InChI=1S/C25H28N4O3/c30-22(26-17-7-11-19-9-3-1-4-10-19)15-16-23-27-24(28-32-23)21-14-8-18-29(21)25(31)20-12-5-2-6-13-20/h1-6,9-10,12-13,21H,7-8,11,14-18H2,(H,26,30). The van der Waals surface area contributed by atoms with Crippen molar-refractivity contribution < 1.29 is 14.1 Å². The second kappa shape index (κ2) is 10.7. The van der Waals surface area contributed by atoms with Crippen molar-refractivity contribution in [2.24, 2.45) is 0 Å². The molecule has 1 aliphatic heterocycles. The van der Waals surface area contributed by atoms with Gasteiger partial charge in [0.05, 0.1) is 6.04 Å². The summed E-state index contributed by atoms with van der Waals surface area (Å²) >= 11 is 0.